The van der Waals surface area contributed by atoms with Gasteiger partial charge in [0.15, 0.2) is 0 Å². The number of thiophene rings is 1. The average Bonchev–Trinajstić information content (AvgIpc) is 2.76. The molecule has 2 rings (SSSR count). The maximum absolute atomic E-state index is 8.71. The summed E-state index contributed by atoms with van der Waals surface area (Å²) in [6.45, 7) is 0.928. The zero-order chi connectivity index (χ0) is 10.5. The second-order valence-electron chi connectivity index (χ2n) is 4.09. The monoisotopic (exact) mass is 220 g/mol. The van der Waals surface area contributed by atoms with Gasteiger partial charge in [-0.3, -0.25) is 0 Å². The topological polar surface area (TPSA) is 35.8 Å². The van der Waals surface area contributed by atoms with Crippen LogP contribution in [-0.4, -0.2) is 6.04 Å². The maximum Gasteiger partial charge on any atom is 0.110 e. The molecule has 15 heavy (non-hydrogen) atoms. The van der Waals surface area contributed by atoms with Crippen molar-refractivity contribution in [2.75, 3.05) is 0 Å². The molecule has 1 N–H and O–H groups in total. The molecule has 0 unspecified atom stereocenters. The van der Waals surface area contributed by atoms with Crippen LogP contribution in [0.15, 0.2) is 12.1 Å². The van der Waals surface area contributed by atoms with Crippen LogP contribution in [0.2, 0.25) is 0 Å². The van der Waals surface area contributed by atoms with Crippen molar-refractivity contribution < 1.29 is 0 Å². The SMILES string of the molecule is N#Cc1ccc(CNC2CCCCC2)s1. The Morgan fingerprint density at radius 3 is 2.80 bits per heavy atom. The third-order valence-corrected chi connectivity index (χ3v) is 3.93. The fourth-order valence-corrected chi connectivity index (χ4v) is 2.84. The predicted octanol–water partition coefficient (Wildman–Crippen LogP) is 3.04. The molecule has 2 nitrogen and oxygen atoms in total. The fourth-order valence-electron chi connectivity index (χ4n) is 2.08. The van der Waals surface area contributed by atoms with Crippen LogP contribution >= 0.6 is 11.3 Å². The van der Waals surface area contributed by atoms with Crippen molar-refractivity contribution in [1.29, 1.82) is 5.26 Å². The Morgan fingerprint density at radius 2 is 2.13 bits per heavy atom. The highest BCUT2D eigenvalue weighted by atomic mass is 32.1. The van der Waals surface area contributed by atoms with Gasteiger partial charge in [0.25, 0.3) is 0 Å². The summed E-state index contributed by atoms with van der Waals surface area (Å²) in [6.07, 6.45) is 6.76. The predicted molar refractivity (Wildman–Crippen MR) is 62.7 cm³/mol. The van der Waals surface area contributed by atoms with Crippen LogP contribution in [0.3, 0.4) is 0 Å². The first-order chi connectivity index (χ1) is 7.38. The van der Waals surface area contributed by atoms with Crippen molar-refractivity contribution in [2.45, 2.75) is 44.7 Å². The second-order valence-corrected chi connectivity index (χ2v) is 5.26. The Morgan fingerprint density at radius 1 is 1.33 bits per heavy atom. The Balaban J connectivity index is 1.79. The Bertz CT molecular complexity index is 345. The van der Waals surface area contributed by atoms with Gasteiger partial charge in [-0.25, -0.2) is 0 Å². The fraction of sp³-hybridized carbons (Fsp3) is 0.583. The summed E-state index contributed by atoms with van der Waals surface area (Å²) < 4.78 is 0. The van der Waals surface area contributed by atoms with E-state index in [9.17, 15) is 0 Å². The molecule has 80 valence electrons. The second kappa shape index (κ2) is 5.29. The number of hydrogen-bond acceptors (Lipinski definition) is 3. The van der Waals surface area contributed by atoms with Gasteiger partial charge in [0.05, 0.1) is 0 Å². The van der Waals surface area contributed by atoms with Crippen molar-refractivity contribution in [1.82, 2.24) is 5.32 Å². The molecular formula is C12H16N2S. The third kappa shape index (κ3) is 3.05. The van der Waals surface area contributed by atoms with Crippen LogP contribution in [0.25, 0.3) is 0 Å². The minimum atomic E-state index is 0.700. The van der Waals surface area contributed by atoms with Gasteiger partial charge in [0.1, 0.15) is 10.9 Å². The summed E-state index contributed by atoms with van der Waals surface area (Å²) in [5.74, 6) is 0. The van der Waals surface area contributed by atoms with E-state index in [1.807, 2.05) is 6.07 Å². The van der Waals surface area contributed by atoms with E-state index in [-0.39, 0.29) is 0 Å². The van der Waals surface area contributed by atoms with Crippen LogP contribution in [0.5, 0.6) is 0 Å². The zero-order valence-electron chi connectivity index (χ0n) is 8.83. The smallest absolute Gasteiger partial charge is 0.110 e. The van der Waals surface area contributed by atoms with Gasteiger partial charge in [-0.15, -0.1) is 11.3 Å². The average molecular weight is 220 g/mol. The normalized spacial score (nSPS) is 17.5. The number of hydrogen-bond donors (Lipinski definition) is 1. The number of rotatable bonds is 3. The van der Waals surface area contributed by atoms with Crippen molar-refractivity contribution >= 4 is 11.3 Å². The van der Waals surface area contributed by atoms with Crippen molar-refractivity contribution in [3.63, 3.8) is 0 Å². The Labute approximate surface area is 94.9 Å². The highest BCUT2D eigenvalue weighted by molar-refractivity contribution is 7.12. The molecular weight excluding hydrogens is 204 g/mol. The van der Waals surface area contributed by atoms with E-state index in [1.54, 1.807) is 11.3 Å². The van der Waals surface area contributed by atoms with Crippen LogP contribution in [-0.2, 0) is 6.54 Å². The lowest BCUT2D eigenvalue weighted by atomic mass is 9.95. The van der Waals surface area contributed by atoms with Gasteiger partial charge < -0.3 is 5.32 Å². The minimum Gasteiger partial charge on any atom is -0.309 e. The van der Waals surface area contributed by atoms with Crippen molar-refractivity contribution in [2.24, 2.45) is 0 Å². The van der Waals surface area contributed by atoms with Crippen molar-refractivity contribution in [3.8, 4) is 6.07 Å². The standard InChI is InChI=1S/C12H16N2S/c13-8-11-6-7-12(15-11)9-14-10-4-2-1-3-5-10/h6-7,10,14H,1-5,9H2. The van der Waals surface area contributed by atoms with Gasteiger partial charge in [0, 0.05) is 17.5 Å². The summed E-state index contributed by atoms with van der Waals surface area (Å²) in [5.41, 5.74) is 0. The van der Waals surface area contributed by atoms with E-state index in [0.29, 0.717) is 6.04 Å². The molecule has 1 aromatic heterocycles. The largest absolute Gasteiger partial charge is 0.309 e. The molecule has 0 radical (unpaired) electrons. The van der Waals surface area contributed by atoms with Crippen LogP contribution < -0.4 is 5.32 Å². The molecule has 1 aliphatic rings. The highest BCUT2D eigenvalue weighted by Crippen LogP contribution is 2.19. The molecule has 1 heterocycles. The lowest BCUT2D eigenvalue weighted by Gasteiger charge is -2.22. The first kappa shape index (κ1) is 10.7. The van der Waals surface area contributed by atoms with Crippen LogP contribution in [0, 0.1) is 11.3 Å². The van der Waals surface area contributed by atoms with E-state index in [0.717, 1.165) is 11.4 Å². The van der Waals surface area contributed by atoms with Crippen LogP contribution in [0.1, 0.15) is 41.9 Å². The summed E-state index contributed by atoms with van der Waals surface area (Å²) >= 11 is 1.60. The first-order valence-corrected chi connectivity index (χ1v) is 6.42. The summed E-state index contributed by atoms with van der Waals surface area (Å²) in [4.78, 5) is 2.09. The van der Waals surface area contributed by atoms with E-state index in [4.69, 9.17) is 5.26 Å². The molecule has 0 aliphatic heterocycles. The van der Waals surface area contributed by atoms with E-state index in [1.165, 1.54) is 37.0 Å². The number of nitrogens with zero attached hydrogens (tertiary/aromatic N) is 1. The number of nitrogens with one attached hydrogen (secondary N) is 1. The molecule has 1 fully saturated rings. The van der Waals surface area contributed by atoms with E-state index < -0.39 is 0 Å². The molecule has 0 aromatic carbocycles. The summed E-state index contributed by atoms with van der Waals surface area (Å²) in [5, 5.41) is 12.3. The molecule has 0 bridgehead atoms. The summed E-state index contributed by atoms with van der Waals surface area (Å²) in [7, 11) is 0. The molecule has 0 amide bonds. The maximum atomic E-state index is 8.71. The lowest BCUT2D eigenvalue weighted by Crippen LogP contribution is -2.30. The first-order valence-electron chi connectivity index (χ1n) is 5.60. The molecule has 0 spiro atoms. The highest BCUT2D eigenvalue weighted by Gasteiger charge is 2.12. The zero-order valence-corrected chi connectivity index (χ0v) is 9.65. The van der Waals surface area contributed by atoms with Gasteiger partial charge >= 0.3 is 0 Å². The Kier molecular flexibility index (Phi) is 3.76. The van der Waals surface area contributed by atoms with Gasteiger partial charge in [-0.1, -0.05) is 19.3 Å². The molecule has 1 aromatic rings. The molecule has 0 saturated heterocycles. The van der Waals surface area contributed by atoms with Crippen LogP contribution in [0.4, 0.5) is 0 Å². The quantitative estimate of drug-likeness (QED) is 0.850. The number of nitriles is 1. The Hall–Kier alpha value is -0.850. The lowest BCUT2D eigenvalue weighted by molar-refractivity contribution is 0.373. The van der Waals surface area contributed by atoms with Gasteiger partial charge in [0.2, 0.25) is 0 Å². The van der Waals surface area contributed by atoms with Gasteiger partial charge in [-0.05, 0) is 25.0 Å². The van der Waals surface area contributed by atoms with Crippen molar-refractivity contribution in [3.05, 3.63) is 21.9 Å². The van der Waals surface area contributed by atoms with E-state index in [2.05, 4.69) is 17.5 Å². The minimum absolute atomic E-state index is 0.700. The summed E-state index contributed by atoms with van der Waals surface area (Å²) in [6, 6.07) is 6.84. The third-order valence-electron chi connectivity index (χ3n) is 2.94. The van der Waals surface area contributed by atoms with E-state index >= 15 is 0 Å². The molecule has 0 atom stereocenters. The molecule has 3 heteroatoms. The molecule has 1 aliphatic carbocycles. The van der Waals surface area contributed by atoms with Gasteiger partial charge in [-0.2, -0.15) is 5.26 Å². The molecule has 1 saturated carbocycles.